The number of aryl methyl sites for hydroxylation is 1. The third-order valence-electron chi connectivity index (χ3n) is 2.85. The Morgan fingerprint density at radius 3 is 2.38 bits per heavy atom. The molecule has 0 amide bonds. The molecule has 0 bridgehead atoms. The molecule has 6 heteroatoms. The maximum absolute atomic E-state index is 10.7. The molecule has 0 heterocycles. The zero-order valence-electron chi connectivity index (χ0n) is 11.4. The summed E-state index contributed by atoms with van der Waals surface area (Å²) in [5, 5.41) is 12.3. The van der Waals surface area contributed by atoms with Gasteiger partial charge in [0, 0.05) is 5.69 Å². The summed E-state index contributed by atoms with van der Waals surface area (Å²) in [7, 11) is 0. The molecule has 0 radical (unpaired) electrons. The van der Waals surface area contributed by atoms with E-state index in [0.717, 1.165) is 11.3 Å². The number of hydrogen-bond acceptors (Lipinski definition) is 3. The summed E-state index contributed by atoms with van der Waals surface area (Å²) < 4.78 is 0. The lowest BCUT2D eigenvalue weighted by Crippen LogP contribution is -2.33. The smallest absolute Gasteiger partial charge is 0.335 e. The summed E-state index contributed by atoms with van der Waals surface area (Å²) in [6.07, 6.45) is 0. The number of rotatable bonds is 4. The molecule has 21 heavy (non-hydrogen) atoms. The van der Waals surface area contributed by atoms with Gasteiger partial charge >= 0.3 is 5.97 Å². The quantitative estimate of drug-likeness (QED) is 0.514. The number of carboxylic acid groups (broad SMARTS) is 1. The van der Waals surface area contributed by atoms with Crippen molar-refractivity contribution in [1.29, 1.82) is 0 Å². The molecule has 0 atom stereocenters. The number of benzene rings is 2. The largest absolute Gasteiger partial charge is 0.478 e. The zero-order chi connectivity index (χ0) is 15.2. The van der Waals surface area contributed by atoms with Gasteiger partial charge in [-0.3, -0.25) is 10.9 Å². The van der Waals surface area contributed by atoms with Crippen LogP contribution in [-0.2, 0) is 0 Å². The number of thiocarbonyl (C=S) groups is 1. The molecule has 0 saturated carbocycles. The van der Waals surface area contributed by atoms with Crippen molar-refractivity contribution in [3.05, 3.63) is 59.7 Å². The van der Waals surface area contributed by atoms with Crippen LogP contribution in [0.5, 0.6) is 0 Å². The molecule has 0 aliphatic rings. The molecular formula is C15H15N3O2S. The third-order valence-corrected chi connectivity index (χ3v) is 3.05. The SMILES string of the molecule is Cc1ccccc1NC(=S)NNc1ccc(C(=O)O)cc1. The first kappa shape index (κ1) is 14.8. The maximum atomic E-state index is 10.7. The molecule has 2 aromatic rings. The van der Waals surface area contributed by atoms with E-state index >= 15 is 0 Å². The molecular weight excluding hydrogens is 286 g/mol. The Morgan fingerprint density at radius 2 is 1.76 bits per heavy atom. The van der Waals surface area contributed by atoms with Crippen molar-refractivity contribution < 1.29 is 9.90 Å². The maximum Gasteiger partial charge on any atom is 0.335 e. The van der Waals surface area contributed by atoms with Crippen LogP contribution in [0, 0.1) is 6.92 Å². The Balaban J connectivity index is 1.89. The standard InChI is InChI=1S/C15H15N3O2S/c1-10-4-2-3-5-13(10)16-15(21)18-17-12-8-6-11(7-9-12)14(19)20/h2-9,17H,1H3,(H,19,20)(H2,16,18,21). The van der Waals surface area contributed by atoms with Crippen molar-refractivity contribution in [1.82, 2.24) is 5.43 Å². The monoisotopic (exact) mass is 301 g/mol. The second kappa shape index (κ2) is 6.71. The van der Waals surface area contributed by atoms with Crippen molar-refractivity contribution in [2.75, 3.05) is 10.7 Å². The highest BCUT2D eigenvalue weighted by molar-refractivity contribution is 7.80. The van der Waals surface area contributed by atoms with Crippen LogP contribution in [0.25, 0.3) is 0 Å². The predicted molar refractivity (Wildman–Crippen MR) is 87.6 cm³/mol. The van der Waals surface area contributed by atoms with Gasteiger partial charge in [0.25, 0.3) is 0 Å². The topological polar surface area (TPSA) is 73.4 Å². The van der Waals surface area contributed by atoms with Gasteiger partial charge in [-0.25, -0.2) is 4.79 Å². The number of carboxylic acids is 1. The van der Waals surface area contributed by atoms with Crippen molar-refractivity contribution in [2.24, 2.45) is 0 Å². The fraction of sp³-hybridized carbons (Fsp3) is 0.0667. The first-order chi connectivity index (χ1) is 10.1. The van der Waals surface area contributed by atoms with Crippen LogP contribution in [0.4, 0.5) is 11.4 Å². The Kier molecular flexibility index (Phi) is 4.73. The molecule has 0 fully saturated rings. The number of hydrazine groups is 1. The molecule has 5 nitrogen and oxygen atoms in total. The van der Waals surface area contributed by atoms with Crippen LogP contribution < -0.4 is 16.2 Å². The Bertz CT molecular complexity index is 656. The van der Waals surface area contributed by atoms with E-state index in [1.54, 1.807) is 12.1 Å². The van der Waals surface area contributed by atoms with E-state index in [9.17, 15) is 4.79 Å². The predicted octanol–water partition coefficient (Wildman–Crippen LogP) is 3.01. The highest BCUT2D eigenvalue weighted by Crippen LogP contribution is 2.13. The second-order valence-corrected chi connectivity index (χ2v) is 4.81. The van der Waals surface area contributed by atoms with E-state index in [4.69, 9.17) is 17.3 Å². The lowest BCUT2D eigenvalue weighted by molar-refractivity contribution is 0.0697. The molecule has 108 valence electrons. The van der Waals surface area contributed by atoms with E-state index in [-0.39, 0.29) is 5.56 Å². The number of anilines is 2. The molecule has 0 spiro atoms. The van der Waals surface area contributed by atoms with E-state index in [1.807, 2.05) is 31.2 Å². The van der Waals surface area contributed by atoms with Gasteiger partial charge in [0.15, 0.2) is 5.11 Å². The Morgan fingerprint density at radius 1 is 1.10 bits per heavy atom. The van der Waals surface area contributed by atoms with Crippen molar-refractivity contribution in [2.45, 2.75) is 6.92 Å². The summed E-state index contributed by atoms with van der Waals surface area (Å²) in [5.74, 6) is -0.953. The number of para-hydroxylation sites is 1. The van der Waals surface area contributed by atoms with Gasteiger partial charge in [-0.1, -0.05) is 18.2 Å². The fourth-order valence-electron chi connectivity index (χ4n) is 1.69. The number of aromatic carboxylic acids is 1. The van der Waals surface area contributed by atoms with E-state index in [2.05, 4.69) is 16.2 Å². The van der Waals surface area contributed by atoms with E-state index in [0.29, 0.717) is 10.8 Å². The second-order valence-electron chi connectivity index (χ2n) is 4.40. The molecule has 2 aromatic carbocycles. The molecule has 0 aromatic heterocycles. The van der Waals surface area contributed by atoms with E-state index in [1.165, 1.54) is 12.1 Å². The number of nitrogens with one attached hydrogen (secondary N) is 3. The highest BCUT2D eigenvalue weighted by Gasteiger charge is 2.02. The third kappa shape index (κ3) is 4.19. The van der Waals surface area contributed by atoms with Gasteiger partial charge in [-0.15, -0.1) is 0 Å². The minimum atomic E-state index is -0.953. The van der Waals surface area contributed by atoms with Gasteiger partial charge < -0.3 is 10.4 Å². The molecule has 2 rings (SSSR count). The molecule has 4 N–H and O–H groups in total. The minimum absolute atomic E-state index is 0.237. The summed E-state index contributed by atoms with van der Waals surface area (Å²) in [4.78, 5) is 10.7. The average molecular weight is 301 g/mol. The highest BCUT2D eigenvalue weighted by atomic mass is 32.1. The summed E-state index contributed by atoms with van der Waals surface area (Å²) >= 11 is 5.18. The van der Waals surface area contributed by atoms with E-state index < -0.39 is 5.97 Å². The first-order valence-corrected chi connectivity index (χ1v) is 6.69. The summed E-state index contributed by atoms with van der Waals surface area (Å²) in [5.41, 5.74) is 8.72. The van der Waals surface area contributed by atoms with Gasteiger partial charge in [-0.2, -0.15) is 0 Å². The van der Waals surface area contributed by atoms with Crippen molar-refractivity contribution in [3.8, 4) is 0 Å². The van der Waals surface area contributed by atoms with Crippen LogP contribution >= 0.6 is 12.2 Å². The molecule has 0 saturated heterocycles. The molecule has 0 aliphatic carbocycles. The Hall–Kier alpha value is -2.60. The van der Waals surface area contributed by atoms with Crippen LogP contribution in [0.2, 0.25) is 0 Å². The fourth-order valence-corrected chi connectivity index (χ4v) is 1.85. The summed E-state index contributed by atoms with van der Waals surface area (Å²) in [6, 6.07) is 14.2. The number of hydrogen-bond donors (Lipinski definition) is 4. The molecule has 0 unspecified atom stereocenters. The van der Waals surface area contributed by atoms with Crippen LogP contribution in [0.3, 0.4) is 0 Å². The summed E-state index contributed by atoms with van der Waals surface area (Å²) in [6.45, 7) is 1.99. The van der Waals surface area contributed by atoms with Crippen molar-refractivity contribution in [3.63, 3.8) is 0 Å². The van der Waals surface area contributed by atoms with Gasteiger partial charge in [-0.05, 0) is 55.0 Å². The van der Waals surface area contributed by atoms with Crippen molar-refractivity contribution >= 4 is 34.7 Å². The first-order valence-electron chi connectivity index (χ1n) is 6.28. The molecule has 0 aliphatic heterocycles. The normalized spacial score (nSPS) is 9.76. The average Bonchev–Trinajstić information content (AvgIpc) is 2.48. The van der Waals surface area contributed by atoms with Gasteiger partial charge in [0.2, 0.25) is 0 Å². The van der Waals surface area contributed by atoms with Gasteiger partial charge in [0.1, 0.15) is 0 Å². The lowest BCUT2D eigenvalue weighted by Gasteiger charge is -2.14. The van der Waals surface area contributed by atoms with Crippen LogP contribution in [0.15, 0.2) is 48.5 Å². The van der Waals surface area contributed by atoms with Crippen LogP contribution in [0.1, 0.15) is 15.9 Å². The minimum Gasteiger partial charge on any atom is -0.478 e. The van der Waals surface area contributed by atoms with Gasteiger partial charge in [0.05, 0.1) is 11.3 Å². The van der Waals surface area contributed by atoms with Crippen LogP contribution in [-0.4, -0.2) is 16.2 Å². The zero-order valence-corrected chi connectivity index (χ0v) is 12.2. The Labute approximate surface area is 128 Å². The lowest BCUT2D eigenvalue weighted by atomic mass is 10.2. The number of carbonyl (C=O) groups is 1.